The van der Waals surface area contributed by atoms with E-state index >= 15 is 0 Å². The van der Waals surface area contributed by atoms with Crippen LogP contribution in [0.25, 0.3) is 0 Å². The number of nitrogens with zero attached hydrogens (tertiary/aromatic N) is 3. The zero-order chi connectivity index (χ0) is 13.6. The summed E-state index contributed by atoms with van der Waals surface area (Å²) >= 11 is 0. The monoisotopic (exact) mass is 278 g/mol. The first-order valence-electron chi connectivity index (χ1n) is 6.42. The van der Waals surface area contributed by atoms with Crippen LogP contribution in [-0.4, -0.2) is 95.2 Å². The molecule has 0 bridgehead atoms. The molecule has 0 radical (unpaired) electrons. The van der Waals surface area contributed by atoms with E-state index in [-0.39, 0.29) is 0 Å². The smallest absolute Gasteiger partial charge is 0.211 e. The summed E-state index contributed by atoms with van der Waals surface area (Å²) in [6.07, 6.45) is 1.26. The van der Waals surface area contributed by atoms with Crippen LogP contribution in [0.5, 0.6) is 0 Å². The second kappa shape index (κ2) is 7.40. The molecule has 18 heavy (non-hydrogen) atoms. The van der Waals surface area contributed by atoms with E-state index in [1.165, 1.54) is 23.7 Å². The van der Waals surface area contributed by atoms with Crippen molar-refractivity contribution in [3.05, 3.63) is 0 Å². The molecule has 0 aliphatic carbocycles. The van der Waals surface area contributed by atoms with Gasteiger partial charge < -0.3 is 15.1 Å². The normalized spacial score (nSPS) is 24.4. The van der Waals surface area contributed by atoms with Crippen molar-refractivity contribution in [2.75, 3.05) is 72.7 Å². The van der Waals surface area contributed by atoms with Crippen molar-refractivity contribution in [2.45, 2.75) is 0 Å². The quantitative estimate of drug-likeness (QED) is 0.647. The molecule has 1 N–H and O–H groups in total. The topological polar surface area (TPSA) is 55.9 Å². The van der Waals surface area contributed by atoms with Gasteiger partial charge >= 0.3 is 0 Å². The Morgan fingerprint density at radius 1 is 0.833 bits per heavy atom. The lowest BCUT2D eigenvalue weighted by atomic mass is 10.4. The van der Waals surface area contributed by atoms with Crippen molar-refractivity contribution in [3.63, 3.8) is 0 Å². The third kappa shape index (κ3) is 6.10. The van der Waals surface area contributed by atoms with Gasteiger partial charge in [0.05, 0.1) is 6.26 Å². The van der Waals surface area contributed by atoms with Gasteiger partial charge in [0.25, 0.3) is 0 Å². The van der Waals surface area contributed by atoms with Gasteiger partial charge in [-0.3, -0.25) is 0 Å². The molecule has 2 saturated heterocycles. The Balaban J connectivity index is 0.000000199. The molecule has 2 fully saturated rings. The van der Waals surface area contributed by atoms with E-state index in [0.717, 1.165) is 26.2 Å². The summed E-state index contributed by atoms with van der Waals surface area (Å²) < 4.78 is 23.5. The maximum Gasteiger partial charge on any atom is 0.211 e. The molecule has 0 saturated carbocycles. The van der Waals surface area contributed by atoms with Crippen molar-refractivity contribution in [1.82, 2.24) is 19.4 Å². The van der Waals surface area contributed by atoms with Crippen molar-refractivity contribution in [1.29, 1.82) is 0 Å². The standard InChI is InChI=1S/C6H14N2O2S.C5H12N2/c1-7-3-5-8(6-4-7)11(2,9)10;1-7-4-2-6-3-5-7/h3-6H2,1-2H3;6H,2-5H2,1H3. The molecule has 108 valence electrons. The number of nitrogens with one attached hydrogen (secondary N) is 1. The van der Waals surface area contributed by atoms with E-state index in [2.05, 4.69) is 22.2 Å². The minimum Gasteiger partial charge on any atom is -0.314 e. The van der Waals surface area contributed by atoms with Gasteiger partial charge in [-0.15, -0.1) is 0 Å². The molecule has 0 aromatic rings. The Kier molecular flexibility index (Phi) is 6.51. The average molecular weight is 278 g/mol. The summed E-state index contributed by atoms with van der Waals surface area (Å²) in [6, 6.07) is 0. The molecule has 0 amide bonds. The Bertz CT molecular complexity index is 320. The van der Waals surface area contributed by atoms with Gasteiger partial charge in [0.15, 0.2) is 0 Å². The lowest BCUT2D eigenvalue weighted by Gasteiger charge is -2.30. The predicted molar refractivity (Wildman–Crippen MR) is 74.3 cm³/mol. The van der Waals surface area contributed by atoms with Gasteiger partial charge in [0.1, 0.15) is 0 Å². The average Bonchev–Trinajstić information content (AvgIpc) is 2.30. The second-order valence-electron chi connectivity index (χ2n) is 5.02. The largest absolute Gasteiger partial charge is 0.314 e. The fraction of sp³-hybridized carbons (Fsp3) is 1.00. The fourth-order valence-electron chi connectivity index (χ4n) is 1.90. The van der Waals surface area contributed by atoms with Crippen LogP contribution in [-0.2, 0) is 10.0 Å². The first kappa shape index (κ1) is 15.8. The second-order valence-corrected chi connectivity index (χ2v) is 7.00. The van der Waals surface area contributed by atoms with Crippen molar-refractivity contribution < 1.29 is 8.42 Å². The van der Waals surface area contributed by atoms with E-state index in [1.54, 1.807) is 0 Å². The fourth-order valence-corrected chi connectivity index (χ4v) is 2.72. The lowest BCUT2D eigenvalue weighted by Crippen LogP contribution is -2.46. The molecular weight excluding hydrogens is 252 g/mol. The Hall–Kier alpha value is -0.210. The Morgan fingerprint density at radius 3 is 1.61 bits per heavy atom. The first-order valence-corrected chi connectivity index (χ1v) is 8.27. The predicted octanol–water partition coefficient (Wildman–Crippen LogP) is -1.29. The summed E-state index contributed by atoms with van der Waals surface area (Å²) in [4.78, 5) is 4.46. The molecular formula is C11H26N4O2S. The molecule has 2 heterocycles. The van der Waals surface area contributed by atoms with Gasteiger partial charge in [-0.2, -0.15) is 4.31 Å². The van der Waals surface area contributed by atoms with Crippen LogP contribution in [0.15, 0.2) is 0 Å². The van der Waals surface area contributed by atoms with E-state index in [1.807, 2.05) is 7.05 Å². The lowest BCUT2D eigenvalue weighted by molar-refractivity contribution is 0.223. The number of piperazine rings is 2. The summed E-state index contributed by atoms with van der Waals surface area (Å²) in [7, 11) is 1.21. The summed E-state index contributed by atoms with van der Waals surface area (Å²) in [5.74, 6) is 0. The van der Waals surface area contributed by atoms with Crippen LogP contribution in [0.3, 0.4) is 0 Å². The van der Waals surface area contributed by atoms with Crippen LogP contribution in [0.2, 0.25) is 0 Å². The number of hydrogen-bond donors (Lipinski definition) is 1. The maximum atomic E-state index is 11.0. The highest BCUT2D eigenvalue weighted by Gasteiger charge is 2.20. The summed E-state index contributed by atoms with van der Waals surface area (Å²) in [5, 5.41) is 3.27. The first-order chi connectivity index (χ1) is 8.39. The molecule has 0 aromatic heterocycles. The van der Waals surface area contributed by atoms with E-state index in [9.17, 15) is 8.42 Å². The molecule has 2 aliphatic heterocycles. The van der Waals surface area contributed by atoms with Crippen LogP contribution in [0.1, 0.15) is 0 Å². The summed E-state index contributed by atoms with van der Waals surface area (Å²) in [5.41, 5.74) is 0. The molecule has 0 spiro atoms. The molecule has 2 aliphatic rings. The van der Waals surface area contributed by atoms with Gasteiger partial charge in [-0.25, -0.2) is 8.42 Å². The van der Waals surface area contributed by atoms with Crippen LogP contribution < -0.4 is 5.32 Å². The zero-order valence-electron chi connectivity index (χ0n) is 11.7. The molecule has 2 rings (SSSR count). The zero-order valence-corrected chi connectivity index (χ0v) is 12.5. The van der Waals surface area contributed by atoms with Gasteiger partial charge in [-0.05, 0) is 14.1 Å². The van der Waals surface area contributed by atoms with Gasteiger partial charge in [0.2, 0.25) is 10.0 Å². The molecule has 6 nitrogen and oxygen atoms in total. The highest BCUT2D eigenvalue weighted by atomic mass is 32.2. The van der Waals surface area contributed by atoms with E-state index < -0.39 is 10.0 Å². The molecule has 0 unspecified atom stereocenters. The van der Waals surface area contributed by atoms with Gasteiger partial charge in [-0.1, -0.05) is 0 Å². The van der Waals surface area contributed by atoms with E-state index in [4.69, 9.17) is 0 Å². The Labute approximate surface area is 111 Å². The highest BCUT2D eigenvalue weighted by Crippen LogP contribution is 2.03. The minimum absolute atomic E-state index is 0.634. The Morgan fingerprint density at radius 2 is 1.28 bits per heavy atom. The van der Waals surface area contributed by atoms with Gasteiger partial charge in [0, 0.05) is 52.4 Å². The molecule has 0 aromatic carbocycles. The van der Waals surface area contributed by atoms with Crippen molar-refractivity contribution in [3.8, 4) is 0 Å². The molecule has 7 heteroatoms. The highest BCUT2D eigenvalue weighted by molar-refractivity contribution is 7.88. The third-order valence-corrected chi connectivity index (χ3v) is 4.58. The number of sulfonamides is 1. The minimum atomic E-state index is -2.94. The number of hydrogen-bond acceptors (Lipinski definition) is 5. The maximum absolute atomic E-state index is 11.0. The van der Waals surface area contributed by atoms with Crippen LogP contribution in [0.4, 0.5) is 0 Å². The van der Waals surface area contributed by atoms with Crippen LogP contribution in [0, 0.1) is 0 Å². The third-order valence-electron chi connectivity index (χ3n) is 3.27. The van der Waals surface area contributed by atoms with Crippen molar-refractivity contribution in [2.24, 2.45) is 0 Å². The number of likely N-dealkylation sites (N-methyl/N-ethyl adjacent to an activating group) is 2. The van der Waals surface area contributed by atoms with Crippen molar-refractivity contribution >= 4 is 10.0 Å². The number of rotatable bonds is 1. The summed E-state index contributed by atoms with van der Waals surface area (Å²) in [6.45, 7) is 7.69. The van der Waals surface area contributed by atoms with E-state index in [0.29, 0.717) is 13.1 Å². The SMILES string of the molecule is CN1CCN(S(C)(=O)=O)CC1.CN1CCNCC1. The molecule has 0 atom stereocenters. The van der Waals surface area contributed by atoms with Crippen LogP contribution >= 0.6 is 0 Å².